The third-order valence-corrected chi connectivity index (χ3v) is 2.54. The van der Waals surface area contributed by atoms with Gasteiger partial charge in [-0.2, -0.15) is 0 Å². The first-order valence-corrected chi connectivity index (χ1v) is 5.81. The minimum atomic E-state index is 0.0134. The Morgan fingerprint density at radius 1 is 1.22 bits per heavy atom. The molecule has 1 aliphatic rings. The fraction of sp³-hybridized carbons (Fsp3) is 0.462. The number of ketones is 1. The minimum absolute atomic E-state index is 0.0134. The third-order valence-electron chi connectivity index (χ3n) is 2.54. The fourth-order valence-corrected chi connectivity index (χ4v) is 1.63. The molecule has 5 nitrogen and oxygen atoms in total. The van der Waals surface area contributed by atoms with E-state index in [0.717, 1.165) is 0 Å². The highest BCUT2D eigenvalue weighted by Crippen LogP contribution is 2.29. The summed E-state index contributed by atoms with van der Waals surface area (Å²) in [5.74, 6) is 1.29. The summed E-state index contributed by atoms with van der Waals surface area (Å²) in [6.45, 7) is 2.21. The van der Waals surface area contributed by atoms with Gasteiger partial charge in [0.2, 0.25) is 5.78 Å². The molecule has 0 N–H and O–H groups in total. The van der Waals surface area contributed by atoms with Crippen LogP contribution in [0.1, 0.15) is 10.4 Å². The Labute approximate surface area is 106 Å². The quantitative estimate of drug-likeness (QED) is 0.685. The van der Waals surface area contributed by atoms with E-state index in [-0.39, 0.29) is 12.4 Å². The van der Waals surface area contributed by atoms with Crippen molar-refractivity contribution in [2.75, 3.05) is 40.1 Å². The molecular weight excluding hydrogens is 236 g/mol. The van der Waals surface area contributed by atoms with Crippen LogP contribution in [0.5, 0.6) is 11.5 Å². The van der Waals surface area contributed by atoms with Gasteiger partial charge in [-0.15, -0.1) is 0 Å². The number of fused-ring (bicyclic) bond motifs is 1. The van der Waals surface area contributed by atoms with E-state index in [1.165, 1.54) is 0 Å². The lowest BCUT2D eigenvalue weighted by Gasteiger charge is -2.07. The van der Waals surface area contributed by atoms with Crippen molar-refractivity contribution in [3.05, 3.63) is 23.8 Å². The van der Waals surface area contributed by atoms with Crippen LogP contribution in [0.2, 0.25) is 0 Å². The average molecular weight is 252 g/mol. The Kier molecular flexibility index (Phi) is 4.55. The summed E-state index contributed by atoms with van der Waals surface area (Å²) in [7, 11) is 1.63. The summed E-state index contributed by atoms with van der Waals surface area (Å²) in [6.07, 6.45) is 0. The lowest BCUT2D eigenvalue weighted by atomic mass is 10.1. The third kappa shape index (κ3) is 3.21. The molecule has 1 aromatic rings. The monoisotopic (exact) mass is 252 g/mol. The predicted octanol–water partition coefficient (Wildman–Crippen LogP) is 1.30. The second-order valence-corrected chi connectivity index (χ2v) is 3.82. The van der Waals surface area contributed by atoms with E-state index in [4.69, 9.17) is 18.9 Å². The van der Waals surface area contributed by atoms with Crippen molar-refractivity contribution in [3.63, 3.8) is 0 Å². The summed E-state index contributed by atoms with van der Waals surface area (Å²) in [4.78, 5) is 11.3. The first-order valence-electron chi connectivity index (χ1n) is 5.81. The molecule has 0 aromatic heterocycles. The van der Waals surface area contributed by atoms with Crippen LogP contribution in [0.25, 0.3) is 0 Å². The molecule has 5 heteroatoms. The Morgan fingerprint density at radius 3 is 2.89 bits per heavy atom. The standard InChI is InChI=1S/C13H16O5/c1-15-4-5-16-6-7-17-10-2-3-11-12(14)9-18-13(11)8-10/h2-3,8H,4-7,9H2,1H3. The van der Waals surface area contributed by atoms with Crippen LogP contribution in [0.15, 0.2) is 18.2 Å². The van der Waals surface area contributed by atoms with Crippen LogP contribution in [0, 0.1) is 0 Å². The molecule has 0 unspecified atom stereocenters. The molecule has 0 amide bonds. The van der Waals surface area contributed by atoms with Crippen molar-refractivity contribution in [3.8, 4) is 11.5 Å². The summed E-state index contributed by atoms with van der Waals surface area (Å²) in [5.41, 5.74) is 0.624. The number of carbonyl (C=O) groups is 1. The van der Waals surface area contributed by atoms with Crippen molar-refractivity contribution < 1.29 is 23.7 Å². The highest BCUT2D eigenvalue weighted by atomic mass is 16.5. The van der Waals surface area contributed by atoms with E-state index >= 15 is 0 Å². The smallest absolute Gasteiger partial charge is 0.203 e. The number of Topliss-reactive ketones (excluding diaryl/α,β-unsaturated/α-hetero) is 1. The molecule has 0 saturated carbocycles. The number of methoxy groups -OCH3 is 1. The van der Waals surface area contributed by atoms with Gasteiger partial charge in [-0.25, -0.2) is 0 Å². The van der Waals surface area contributed by atoms with Gasteiger partial charge in [0.05, 0.1) is 25.4 Å². The lowest BCUT2D eigenvalue weighted by Crippen LogP contribution is -2.10. The Hall–Kier alpha value is -1.59. The van der Waals surface area contributed by atoms with Crippen LogP contribution in [0.4, 0.5) is 0 Å². The maximum atomic E-state index is 11.3. The van der Waals surface area contributed by atoms with E-state index < -0.39 is 0 Å². The van der Waals surface area contributed by atoms with E-state index in [1.54, 1.807) is 25.3 Å². The van der Waals surface area contributed by atoms with E-state index in [2.05, 4.69) is 0 Å². The first kappa shape index (κ1) is 12.9. The fourth-order valence-electron chi connectivity index (χ4n) is 1.63. The Balaban J connectivity index is 1.75. The molecule has 18 heavy (non-hydrogen) atoms. The first-order chi connectivity index (χ1) is 8.81. The van der Waals surface area contributed by atoms with Crippen molar-refractivity contribution in [1.29, 1.82) is 0 Å². The molecule has 0 spiro atoms. The van der Waals surface area contributed by atoms with Crippen molar-refractivity contribution in [2.45, 2.75) is 0 Å². The molecule has 1 heterocycles. The van der Waals surface area contributed by atoms with Gasteiger partial charge in [-0.3, -0.25) is 4.79 Å². The zero-order valence-corrected chi connectivity index (χ0v) is 10.3. The summed E-state index contributed by atoms with van der Waals surface area (Å²) >= 11 is 0. The molecule has 98 valence electrons. The topological polar surface area (TPSA) is 54.0 Å². The number of benzene rings is 1. The maximum absolute atomic E-state index is 11.3. The summed E-state index contributed by atoms with van der Waals surface area (Å²) < 4.78 is 20.8. The molecule has 0 saturated heterocycles. The molecule has 2 rings (SSSR count). The number of hydrogen-bond acceptors (Lipinski definition) is 5. The van der Waals surface area contributed by atoms with E-state index in [1.807, 2.05) is 0 Å². The van der Waals surface area contributed by atoms with Gasteiger partial charge in [-0.05, 0) is 12.1 Å². The number of rotatable bonds is 7. The second kappa shape index (κ2) is 6.37. The van der Waals surface area contributed by atoms with Gasteiger partial charge < -0.3 is 18.9 Å². The molecular formula is C13H16O5. The number of carbonyl (C=O) groups excluding carboxylic acids is 1. The molecule has 0 atom stereocenters. The highest BCUT2D eigenvalue weighted by Gasteiger charge is 2.21. The molecule has 0 fully saturated rings. The average Bonchev–Trinajstić information content (AvgIpc) is 2.75. The van der Waals surface area contributed by atoms with Gasteiger partial charge >= 0.3 is 0 Å². The maximum Gasteiger partial charge on any atom is 0.203 e. The van der Waals surface area contributed by atoms with Gasteiger partial charge in [0.15, 0.2) is 6.61 Å². The van der Waals surface area contributed by atoms with Gasteiger partial charge in [-0.1, -0.05) is 0 Å². The minimum Gasteiger partial charge on any atom is -0.491 e. The van der Waals surface area contributed by atoms with Crippen LogP contribution in [-0.2, 0) is 9.47 Å². The highest BCUT2D eigenvalue weighted by molar-refractivity contribution is 6.02. The second-order valence-electron chi connectivity index (χ2n) is 3.82. The summed E-state index contributed by atoms with van der Waals surface area (Å²) in [5, 5.41) is 0. The van der Waals surface area contributed by atoms with Gasteiger partial charge in [0.1, 0.15) is 18.1 Å². The lowest BCUT2D eigenvalue weighted by molar-refractivity contribution is 0.0544. The summed E-state index contributed by atoms with van der Waals surface area (Å²) in [6, 6.07) is 5.22. The van der Waals surface area contributed by atoms with Crippen molar-refractivity contribution in [1.82, 2.24) is 0 Å². The van der Waals surface area contributed by atoms with Crippen LogP contribution in [-0.4, -0.2) is 45.9 Å². The van der Waals surface area contributed by atoms with Crippen molar-refractivity contribution in [2.24, 2.45) is 0 Å². The van der Waals surface area contributed by atoms with Gasteiger partial charge in [0.25, 0.3) is 0 Å². The molecule has 1 aliphatic heterocycles. The SMILES string of the molecule is COCCOCCOc1ccc2c(c1)OCC2=O. The molecule has 1 aromatic carbocycles. The van der Waals surface area contributed by atoms with Gasteiger partial charge in [0, 0.05) is 13.2 Å². The largest absolute Gasteiger partial charge is 0.491 e. The molecule has 0 bridgehead atoms. The molecule has 0 aliphatic carbocycles. The number of ether oxygens (including phenoxy) is 4. The predicted molar refractivity (Wildman–Crippen MR) is 64.5 cm³/mol. The van der Waals surface area contributed by atoms with Crippen LogP contribution < -0.4 is 9.47 Å². The zero-order valence-electron chi connectivity index (χ0n) is 10.3. The molecule has 0 radical (unpaired) electrons. The van der Waals surface area contributed by atoms with E-state index in [9.17, 15) is 4.79 Å². The Bertz CT molecular complexity index is 416. The van der Waals surface area contributed by atoms with Crippen LogP contribution >= 0.6 is 0 Å². The Morgan fingerprint density at radius 2 is 2.06 bits per heavy atom. The van der Waals surface area contributed by atoms with Crippen molar-refractivity contribution >= 4 is 5.78 Å². The van der Waals surface area contributed by atoms with Crippen LogP contribution in [0.3, 0.4) is 0 Å². The number of hydrogen-bond donors (Lipinski definition) is 0. The normalized spacial score (nSPS) is 13.3. The van der Waals surface area contributed by atoms with E-state index in [0.29, 0.717) is 43.5 Å². The zero-order chi connectivity index (χ0) is 12.8.